The van der Waals surface area contributed by atoms with E-state index in [1.807, 2.05) is 0 Å². The van der Waals surface area contributed by atoms with Crippen LogP contribution in [0.3, 0.4) is 0 Å². The second-order valence-electron chi connectivity index (χ2n) is 3.72. The molecule has 0 aliphatic rings. The third-order valence-electron chi connectivity index (χ3n) is 1.90. The number of methoxy groups -OCH3 is 1. The molecule has 78 valence electrons. The fourth-order valence-corrected chi connectivity index (χ4v) is 0.887. The van der Waals surface area contributed by atoms with Gasteiger partial charge in [-0.25, -0.2) is 0 Å². The fourth-order valence-electron chi connectivity index (χ4n) is 0.887. The highest BCUT2D eigenvalue weighted by Crippen LogP contribution is 1.96. The van der Waals surface area contributed by atoms with Crippen molar-refractivity contribution in [2.45, 2.75) is 6.92 Å². The summed E-state index contributed by atoms with van der Waals surface area (Å²) in [6, 6.07) is 0. The summed E-state index contributed by atoms with van der Waals surface area (Å²) in [7, 11) is 5.86. The average Bonchev–Trinajstić information content (AvgIpc) is 2.00. The number of esters is 1. The molecule has 0 unspecified atom stereocenters. The van der Waals surface area contributed by atoms with Crippen molar-refractivity contribution in [2.75, 3.05) is 47.5 Å². The van der Waals surface area contributed by atoms with Crippen molar-refractivity contribution >= 4 is 5.97 Å². The van der Waals surface area contributed by atoms with Crippen LogP contribution in [0.2, 0.25) is 0 Å². The summed E-state index contributed by atoms with van der Waals surface area (Å²) in [5, 5.41) is 0. The maximum Gasteiger partial charge on any atom is 0.302 e. The Labute approximate surface area is 80.0 Å². The Bertz CT molecular complexity index is 157. The van der Waals surface area contributed by atoms with E-state index in [1.54, 1.807) is 7.11 Å². The van der Waals surface area contributed by atoms with E-state index in [-0.39, 0.29) is 5.97 Å². The molecule has 0 amide bonds. The zero-order valence-corrected chi connectivity index (χ0v) is 9.00. The highest BCUT2D eigenvalue weighted by molar-refractivity contribution is 5.65. The minimum Gasteiger partial charge on any atom is -0.460 e. The number of nitrogens with zero attached hydrogens (tertiary/aromatic N) is 1. The van der Waals surface area contributed by atoms with Gasteiger partial charge in [-0.2, -0.15) is 0 Å². The number of quaternary nitrogens is 1. The summed E-state index contributed by atoms with van der Waals surface area (Å²) in [5.74, 6) is -0.216. The van der Waals surface area contributed by atoms with Crippen molar-refractivity contribution in [3.63, 3.8) is 0 Å². The van der Waals surface area contributed by atoms with Gasteiger partial charge in [0.15, 0.2) is 0 Å². The Balaban J connectivity index is 3.56. The number of likely N-dealkylation sites (N-methyl/N-ethyl adjacent to an activating group) is 1. The van der Waals surface area contributed by atoms with Crippen molar-refractivity contribution in [1.29, 1.82) is 0 Å². The third-order valence-corrected chi connectivity index (χ3v) is 1.90. The molecule has 0 aliphatic heterocycles. The molecular formula is C9H20NO3+. The summed E-state index contributed by atoms with van der Waals surface area (Å²) in [4.78, 5) is 10.5. The van der Waals surface area contributed by atoms with E-state index >= 15 is 0 Å². The first-order valence-corrected chi connectivity index (χ1v) is 4.42. The Hall–Kier alpha value is -0.610. The molecule has 0 atom stereocenters. The number of carbonyl (C=O) groups is 1. The van der Waals surface area contributed by atoms with Gasteiger partial charge in [0, 0.05) is 14.0 Å². The Morgan fingerprint density at radius 3 is 2.23 bits per heavy atom. The quantitative estimate of drug-likeness (QED) is 0.445. The van der Waals surface area contributed by atoms with Gasteiger partial charge in [-0.3, -0.25) is 4.79 Å². The fraction of sp³-hybridized carbons (Fsp3) is 0.889. The van der Waals surface area contributed by atoms with Crippen LogP contribution < -0.4 is 0 Å². The minimum absolute atomic E-state index is 0.216. The lowest BCUT2D eigenvalue weighted by atomic mass is 10.4. The molecular weight excluding hydrogens is 170 g/mol. The maximum atomic E-state index is 10.5. The van der Waals surface area contributed by atoms with Crippen LogP contribution in [0.4, 0.5) is 0 Å². The van der Waals surface area contributed by atoms with Crippen LogP contribution in [0.1, 0.15) is 6.92 Å². The second kappa shape index (κ2) is 5.94. The van der Waals surface area contributed by atoms with E-state index in [0.717, 1.165) is 24.2 Å². The van der Waals surface area contributed by atoms with Gasteiger partial charge >= 0.3 is 5.97 Å². The van der Waals surface area contributed by atoms with E-state index < -0.39 is 0 Å². The van der Waals surface area contributed by atoms with Crippen LogP contribution >= 0.6 is 0 Å². The Morgan fingerprint density at radius 2 is 1.77 bits per heavy atom. The largest absolute Gasteiger partial charge is 0.460 e. The van der Waals surface area contributed by atoms with Crippen LogP contribution in [-0.2, 0) is 14.3 Å². The van der Waals surface area contributed by atoms with E-state index in [9.17, 15) is 4.79 Å². The van der Waals surface area contributed by atoms with Crippen LogP contribution in [0.15, 0.2) is 0 Å². The minimum atomic E-state index is -0.216. The van der Waals surface area contributed by atoms with Gasteiger partial charge in [0.1, 0.15) is 19.7 Å². The molecule has 0 bridgehead atoms. The SMILES string of the molecule is COCC[N+](C)(C)CCOC(C)=O. The molecule has 4 heteroatoms. The number of hydrogen-bond acceptors (Lipinski definition) is 3. The molecule has 4 nitrogen and oxygen atoms in total. The van der Waals surface area contributed by atoms with E-state index in [1.165, 1.54) is 6.92 Å². The topological polar surface area (TPSA) is 35.5 Å². The van der Waals surface area contributed by atoms with Gasteiger partial charge in [0.25, 0.3) is 0 Å². The first-order chi connectivity index (χ1) is 5.98. The second-order valence-corrected chi connectivity index (χ2v) is 3.72. The lowest BCUT2D eigenvalue weighted by Gasteiger charge is -2.28. The standard InChI is InChI=1S/C9H20NO3/c1-9(11)13-8-6-10(2,3)5-7-12-4/h5-8H2,1-4H3/q+1. The predicted octanol–water partition coefficient (Wildman–Crippen LogP) is 0.272. The molecule has 0 fully saturated rings. The molecule has 13 heavy (non-hydrogen) atoms. The molecule has 0 saturated heterocycles. The first kappa shape index (κ1) is 12.4. The number of rotatable bonds is 6. The van der Waals surface area contributed by atoms with Crippen molar-refractivity contribution < 1.29 is 18.8 Å². The van der Waals surface area contributed by atoms with Crippen LogP contribution in [0.5, 0.6) is 0 Å². The lowest BCUT2D eigenvalue weighted by molar-refractivity contribution is -0.890. The van der Waals surface area contributed by atoms with Gasteiger partial charge in [-0.15, -0.1) is 0 Å². The van der Waals surface area contributed by atoms with Gasteiger partial charge < -0.3 is 14.0 Å². The molecule has 0 N–H and O–H groups in total. The first-order valence-electron chi connectivity index (χ1n) is 4.42. The number of carbonyl (C=O) groups excluding carboxylic acids is 1. The Morgan fingerprint density at radius 1 is 1.23 bits per heavy atom. The summed E-state index contributed by atoms with van der Waals surface area (Å²) in [6.45, 7) is 4.38. The van der Waals surface area contributed by atoms with Crippen LogP contribution in [0, 0.1) is 0 Å². The van der Waals surface area contributed by atoms with Gasteiger partial charge in [-0.1, -0.05) is 0 Å². The highest BCUT2D eigenvalue weighted by atomic mass is 16.5. The smallest absolute Gasteiger partial charge is 0.302 e. The van der Waals surface area contributed by atoms with Crippen molar-refractivity contribution in [1.82, 2.24) is 0 Å². The van der Waals surface area contributed by atoms with Crippen molar-refractivity contribution in [3.05, 3.63) is 0 Å². The lowest BCUT2D eigenvalue weighted by Crippen LogP contribution is -2.44. The van der Waals surface area contributed by atoms with Gasteiger partial charge in [0.05, 0.1) is 20.7 Å². The monoisotopic (exact) mass is 190 g/mol. The summed E-state index contributed by atoms with van der Waals surface area (Å²) in [6.07, 6.45) is 0. The predicted molar refractivity (Wildman–Crippen MR) is 50.4 cm³/mol. The van der Waals surface area contributed by atoms with E-state index in [4.69, 9.17) is 9.47 Å². The molecule has 0 spiro atoms. The van der Waals surface area contributed by atoms with E-state index in [2.05, 4.69) is 14.1 Å². The molecule has 0 heterocycles. The van der Waals surface area contributed by atoms with Crippen LogP contribution in [-0.4, -0.2) is 58.0 Å². The van der Waals surface area contributed by atoms with E-state index in [0.29, 0.717) is 6.61 Å². The van der Waals surface area contributed by atoms with Crippen molar-refractivity contribution in [3.8, 4) is 0 Å². The van der Waals surface area contributed by atoms with Gasteiger partial charge in [0.2, 0.25) is 0 Å². The zero-order valence-electron chi connectivity index (χ0n) is 9.00. The number of hydrogen-bond donors (Lipinski definition) is 0. The average molecular weight is 190 g/mol. The third kappa shape index (κ3) is 7.74. The highest BCUT2D eigenvalue weighted by Gasteiger charge is 2.14. The maximum absolute atomic E-state index is 10.5. The Kier molecular flexibility index (Phi) is 5.66. The molecule has 0 saturated carbocycles. The molecule has 0 aromatic heterocycles. The normalized spacial score (nSPS) is 11.4. The summed E-state index contributed by atoms with van der Waals surface area (Å²) < 4.78 is 10.7. The molecule has 0 aromatic carbocycles. The summed E-state index contributed by atoms with van der Waals surface area (Å²) >= 11 is 0. The molecule has 0 radical (unpaired) electrons. The molecule has 0 rings (SSSR count). The molecule has 0 aromatic rings. The van der Waals surface area contributed by atoms with Crippen molar-refractivity contribution in [2.24, 2.45) is 0 Å². The molecule has 0 aliphatic carbocycles. The van der Waals surface area contributed by atoms with Crippen LogP contribution in [0.25, 0.3) is 0 Å². The van der Waals surface area contributed by atoms with Gasteiger partial charge in [-0.05, 0) is 0 Å². The number of ether oxygens (including phenoxy) is 2. The zero-order chi connectivity index (χ0) is 10.3. The summed E-state index contributed by atoms with van der Waals surface area (Å²) in [5.41, 5.74) is 0.